The molecular formula is C32H29N3O4S. The van der Waals surface area contributed by atoms with Gasteiger partial charge in [-0.3, -0.25) is 14.2 Å². The monoisotopic (exact) mass is 551 g/mol. The molecule has 7 nitrogen and oxygen atoms in total. The van der Waals surface area contributed by atoms with Gasteiger partial charge >= 0.3 is 0 Å². The van der Waals surface area contributed by atoms with Gasteiger partial charge in [-0.05, 0) is 53.6 Å². The van der Waals surface area contributed by atoms with Crippen LogP contribution in [0.4, 0.5) is 0 Å². The summed E-state index contributed by atoms with van der Waals surface area (Å²) in [5.41, 5.74) is 3.44. The van der Waals surface area contributed by atoms with E-state index in [1.807, 2.05) is 72.8 Å². The fourth-order valence-corrected chi connectivity index (χ4v) is 5.39. The number of amides is 1. The second-order valence-electron chi connectivity index (χ2n) is 9.26. The third-order valence-corrected chi connectivity index (χ3v) is 7.52. The Labute approximate surface area is 237 Å². The minimum absolute atomic E-state index is 0.143. The Kier molecular flexibility index (Phi) is 8.17. The molecule has 40 heavy (non-hydrogen) atoms. The van der Waals surface area contributed by atoms with E-state index in [-0.39, 0.29) is 11.5 Å². The highest BCUT2D eigenvalue weighted by Gasteiger charge is 2.18. The van der Waals surface area contributed by atoms with E-state index in [1.54, 1.807) is 55.0 Å². The summed E-state index contributed by atoms with van der Waals surface area (Å²) in [6.07, 6.45) is 0. The lowest BCUT2D eigenvalue weighted by Crippen LogP contribution is -2.26. The van der Waals surface area contributed by atoms with Gasteiger partial charge in [0.05, 0.1) is 30.8 Å². The zero-order chi connectivity index (χ0) is 28.1. The zero-order valence-corrected chi connectivity index (χ0v) is 23.4. The summed E-state index contributed by atoms with van der Waals surface area (Å²) in [7, 11) is 4.99. The molecule has 0 aliphatic carbocycles. The summed E-state index contributed by atoms with van der Waals surface area (Å²) < 4.78 is 12.4. The average molecular weight is 552 g/mol. The maximum atomic E-state index is 13.9. The van der Waals surface area contributed by atoms with Crippen LogP contribution in [-0.2, 0) is 12.3 Å². The minimum atomic E-state index is -0.219. The van der Waals surface area contributed by atoms with Gasteiger partial charge in [-0.1, -0.05) is 60.3 Å². The van der Waals surface area contributed by atoms with E-state index in [1.165, 1.54) is 11.8 Å². The Bertz CT molecular complexity index is 1720. The zero-order valence-electron chi connectivity index (χ0n) is 22.5. The van der Waals surface area contributed by atoms with Crippen LogP contribution < -0.4 is 15.0 Å². The van der Waals surface area contributed by atoms with Gasteiger partial charge in [0.15, 0.2) is 5.16 Å². The lowest BCUT2D eigenvalue weighted by Gasteiger charge is -2.18. The van der Waals surface area contributed by atoms with Crippen LogP contribution in [0.15, 0.2) is 107 Å². The normalized spacial score (nSPS) is 10.9. The third kappa shape index (κ3) is 5.87. The Morgan fingerprint density at radius 2 is 1.55 bits per heavy atom. The first-order valence-electron chi connectivity index (χ1n) is 12.7. The van der Waals surface area contributed by atoms with Gasteiger partial charge < -0.3 is 14.4 Å². The number of hydrogen-bond acceptors (Lipinski definition) is 6. The van der Waals surface area contributed by atoms with E-state index >= 15 is 0 Å². The van der Waals surface area contributed by atoms with E-state index in [0.29, 0.717) is 45.4 Å². The average Bonchev–Trinajstić information content (AvgIpc) is 3.00. The summed E-state index contributed by atoms with van der Waals surface area (Å²) in [5, 5.41) is 0.937. The number of thioether (sulfide) groups is 1. The second-order valence-corrected chi connectivity index (χ2v) is 10.2. The van der Waals surface area contributed by atoms with Crippen LogP contribution in [0.5, 0.6) is 11.5 Å². The molecule has 0 saturated carbocycles. The maximum Gasteiger partial charge on any atom is 0.266 e. The number of nitrogens with zero attached hydrogens (tertiary/aromatic N) is 3. The molecule has 0 N–H and O–H groups in total. The van der Waals surface area contributed by atoms with Crippen LogP contribution in [0, 0.1) is 0 Å². The van der Waals surface area contributed by atoms with E-state index in [0.717, 1.165) is 16.9 Å². The molecule has 4 aromatic carbocycles. The van der Waals surface area contributed by atoms with Crippen LogP contribution in [0.1, 0.15) is 21.5 Å². The number of carbonyl (C=O) groups is 1. The number of aromatic nitrogens is 2. The molecule has 1 amide bonds. The van der Waals surface area contributed by atoms with Gasteiger partial charge in [0, 0.05) is 31.0 Å². The molecule has 5 rings (SSSR count). The standard InChI is InChI=1S/C32H29N3O4S/c1-34(20-22-9-5-4-6-10-22)30(36)24-15-16-28-29(18-24)33-32(40-21-23-11-7-13-26(17-23)38-2)35(31(28)37)25-12-8-14-27(19-25)39-3/h4-19H,20-21H2,1-3H3. The van der Waals surface area contributed by atoms with Crippen LogP contribution in [0.2, 0.25) is 0 Å². The predicted octanol–water partition coefficient (Wildman–Crippen LogP) is 5.97. The highest BCUT2D eigenvalue weighted by Crippen LogP contribution is 2.27. The van der Waals surface area contributed by atoms with E-state index < -0.39 is 0 Å². The van der Waals surface area contributed by atoms with Crippen LogP contribution in [0.25, 0.3) is 16.6 Å². The van der Waals surface area contributed by atoms with Crippen molar-refractivity contribution in [1.29, 1.82) is 0 Å². The molecule has 1 aromatic heterocycles. The van der Waals surface area contributed by atoms with Gasteiger partial charge in [0.25, 0.3) is 11.5 Å². The van der Waals surface area contributed by atoms with Gasteiger partial charge in [-0.2, -0.15) is 0 Å². The first kappa shape index (κ1) is 27.0. The summed E-state index contributed by atoms with van der Waals surface area (Å²) in [5.74, 6) is 1.82. The SMILES string of the molecule is COc1cccc(CSc2nc3cc(C(=O)N(C)Cc4ccccc4)ccc3c(=O)n2-c2cccc(OC)c2)c1. The fraction of sp³-hybridized carbons (Fsp3) is 0.156. The molecule has 0 bridgehead atoms. The molecule has 8 heteroatoms. The Hall–Kier alpha value is -4.56. The third-order valence-electron chi connectivity index (χ3n) is 6.51. The highest BCUT2D eigenvalue weighted by atomic mass is 32.2. The molecule has 0 aliphatic heterocycles. The molecule has 0 fully saturated rings. The number of carbonyl (C=O) groups excluding carboxylic acids is 1. The predicted molar refractivity (Wildman–Crippen MR) is 159 cm³/mol. The molecule has 0 unspecified atom stereocenters. The number of methoxy groups -OCH3 is 2. The van der Waals surface area contributed by atoms with Crippen molar-refractivity contribution in [1.82, 2.24) is 14.5 Å². The summed E-state index contributed by atoms with van der Waals surface area (Å²) >= 11 is 1.44. The fourth-order valence-electron chi connectivity index (χ4n) is 4.43. The molecule has 202 valence electrons. The second kappa shape index (κ2) is 12.1. The summed E-state index contributed by atoms with van der Waals surface area (Å²) in [6.45, 7) is 0.476. The van der Waals surface area contributed by atoms with E-state index in [9.17, 15) is 9.59 Å². The topological polar surface area (TPSA) is 73.7 Å². The smallest absolute Gasteiger partial charge is 0.266 e. The van der Waals surface area contributed by atoms with Crippen molar-refractivity contribution < 1.29 is 14.3 Å². The van der Waals surface area contributed by atoms with Crippen LogP contribution >= 0.6 is 11.8 Å². The van der Waals surface area contributed by atoms with Crippen LogP contribution in [0.3, 0.4) is 0 Å². The van der Waals surface area contributed by atoms with E-state index in [4.69, 9.17) is 14.5 Å². The molecule has 0 atom stereocenters. The van der Waals surface area contributed by atoms with E-state index in [2.05, 4.69) is 0 Å². The van der Waals surface area contributed by atoms with Gasteiger partial charge in [0.2, 0.25) is 0 Å². The van der Waals surface area contributed by atoms with Crippen molar-refractivity contribution in [2.24, 2.45) is 0 Å². The summed E-state index contributed by atoms with van der Waals surface area (Å²) in [4.78, 5) is 33.7. The molecule has 0 spiro atoms. The van der Waals surface area contributed by atoms with Gasteiger partial charge in [-0.15, -0.1) is 0 Å². The Balaban J connectivity index is 1.55. The minimum Gasteiger partial charge on any atom is -0.497 e. The highest BCUT2D eigenvalue weighted by molar-refractivity contribution is 7.98. The van der Waals surface area contributed by atoms with Crippen molar-refractivity contribution >= 4 is 28.6 Å². The first-order chi connectivity index (χ1) is 19.5. The number of rotatable bonds is 9. The number of benzene rings is 4. The lowest BCUT2D eigenvalue weighted by molar-refractivity contribution is 0.0785. The van der Waals surface area contributed by atoms with Crippen LogP contribution in [-0.4, -0.2) is 41.6 Å². The molecule has 5 aromatic rings. The lowest BCUT2D eigenvalue weighted by atomic mass is 10.1. The molecule has 0 radical (unpaired) electrons. The number of ether oxygens (including phenoxy) is 2. The summed E-state index contributed by atoms with van der Waals surface area (Å²) in [6, 6.07) is 30.0. The number of hydrogen-bond donors (Lipinski definition) is 0. The first-order valence-corrected chi connectivity index (χ1v) is 13.7. The molecule has 1 heterocycles. The maximum absolute atomic E-state index is 13.9. The largest absolute Gasteiger partial charge is 0.497 e. The molecule has 0 aliphatic rings. The molecular weight excluding hydrogens is 522 g/mol. The molecule has 0 saturated heterocycles. The van der Waals surface area contributed by atoms with Crippen molar-refractivity contribution in [3.8, 4) is 17.2 Å². The Morgan fingerprint density at radius 3 is 2.30 bits per heavy atom. The van der Waals surface area contributed by atoms with Crippen molar-refractivity contribution in [2.45, 2.75) is 17.5 Å². The van der Waals surface area contributed by atoms with Crippen molar-refractivity contribution in [3.05, 3.63) is 124 Å². The van der Waals surface area contributed by atoms with Crippen molar-refractivity contribution in [2.75, 3.05) is 21.3 Å². The van der Waals surface area contributed by atoms with Crippen molar-refractivity contribution in [3.63, 3.8) is 0 Å². The Morgan fingerprint density at radius 1 is 0.850 bits per heavy atom. The van der Waals surface area contributed by atoms with Gasteiger partial charge in [0.1, 0.15) is 11.5 Å². The van der Waals surface area contributed by atoms with Gasteiger partial charge in [-0.25, -0.2) is 4.98 Å². The number of fused-ring (bicyclic) bond motifs is 1. The quantitative estimate of drug-likeness (QED) is 0.166.